The zero-order chi connectivity index (χ0) is 13.1. The Balaban J connectivity index is 1.54. The van der Waals surface area contributed by atoms with Gasteiger partial charge in [-0.25, -0.2) is 0 Å². The number of hydrogen-bond acceptors (Lipinski definition) is 3. The largest absolute Gasteiger partial charge is 0.368 e. The van der Waals surface area contributed by atoms with Crippen LogP contribution in [-0.4, -0.2) is 36.7 Å². The first kappa shape index (κ1) is 13.4. The summed E-state index contributed by atoms with van der Waals surface area (Å²) in [4.78, 5) is 12.1. The maximum absolute atomic E-state index is 12.1. The van der Waals surface area contributed by atoms with Crippen molar-refractivity contribution in [1.29, 1.82) is 0 Å². The third-order valence-electron chi connectivity index (χ3n) is 5.01. The summed E-state index contributed by atoms with van der Waals surface area (Å²) >= 11 is 0. The van der Waals surface area contributed by atoms with Crippen LogP contribution in [0.3, 0.4) is 0 Å². The van der Waals surface area contributed by atoms with Crippen molar-refractivity contribution in [3.8, 4) is 0 Å². The fourth-order valence-corrected chi connectivity index (χ4v) is 3.97. The zero-order valence-corrected chi connectivity index (χ0v) is 11.7. The van der Waals surface area contributed by atoms with E-state index in [1.165, 1.54) is 32.1 Å². The van der Waals surface area contributed by atoms with Gasteiger partial charge in [0.25, 0.3) is 0 Å². The molecule has 1 aliphatic carbocycles. The van der Waals surface area contributed by atoms with Gasteiger partial charge >= 0.3 is 0 Å². The van der Waals surface area contributed by atoms with Crippen molar-refractivity contribution in [1.82, 2.24) is 10.6 Å². The molecule has 1 unspecified atom stereocenters. The minimum absolute atomic E-state index is 0.121. The number of piperidine rings is 1. The number of carbonyl (C=O) groups excluding carboxylic acids is 1. The van der Waals surface area contributed by atoms with Gasteiger partial charge in [-0.15, -0.1) is 0 Å². The van der Waals surface area contributed by atoms with E-state index >= 15 is 0 Å². The van der Waals surface area contributed by atoms with Gasteiger partial charge in [0.05, 0.1) is 0 Å². The average molecular weight is 266 g/mol. The molecule has 0 radical (unpaired) electrons. The summed E-state index contributed by atoms with van der Waals surface area (Å²) in [6.45, 7) is 1.78. The Morgan fingerprint density at radius 2 is 2.00 bits per heavy atom. The summed E-state index contributed by atoms with van der Waals surface area (Å²) in [5, 5.41) is 6.95. The van der Waals surface area contributed by atoms with E-state index in [1.807, 2.05) is 0 Å². The Hall–Kier alpha value is -0.610. The van der Waals surface area contributed by atoms with Gasteiger partial charge in [0.2, 0.25) is 5.91 Å². The molecule has 4 nitrogen and oxygen atoms in total. The Morgan fingerprint density at radius 1 is 1.16 bits per heavy atom. The van der Waals surface area contributed by atoms with Crippen molar-refractivity contribution in [3.05, 3.63) is 0 Å². The molecule has 2 saturated heterocycles. The normalized spacial score (nSPS) is 34.3. The molecule has 2 atom stereocenters. The summed E-state index contributed by atoms with van der Waals surface area (Å²) in [5.41, 5.74) is 0.310. The van der Waals surface area contributed by atoms with Gasteiger partial charge in [-0.1, -0.05) is 19.3 Å². The Kier molecular flexibility index (Phi) is 4.08. The van der Waals surface area contributed by atoms with E-state index in [0.29, 0.717) is 11.6 Å². The van der Waals surface area contributed by atoms with E-state index in [2.05, 4.69) is 10.6 Å². The lowest BCUT2D eigenvalue weighted by Crippen LogP contribution is -2.57. The molecule has 1 amide bonds. The van der Waals surface area contributed by atoms with Crippen molar-refractivity contribution in [3.63, 3.8) is 0 Å². The number of hydrogen-bond donors (Lipinski definition) is 2. The Labute approximate surface area is 115 Å². The number of amides is 1. The van der Waals surface area contributed by atoms with Crippen LogP contribution in [0.15, 0.2) is 0 Å². The van der Waals surface area contributed by atoms with E-state index in [1.54, 1.807) is 0 Å². The molecule has 2 N–H and O–H groups in total. The van der Waals surface area contributed by atoms with Crippen LogP contribution in [0.1, 0.15) is 57.8 Å². The molecule has 2 heterocycles. The highest BCUT2D eigenvalue weighted by Gasteiger charge is 2.38. The van der Waals surface area contributed by atoms with Crippen LogP contribution in [-0.2, 0) is 9.53 Å². The Bertz CT molecular complexity index is 315. The quantitative estimate of drug-likeness (QED) is 0.800. The second kappa shape index (κ2) is 5.80. The first-order chi connectivity index (χ1) is 9.27. The van der Waals surface area contributed by atoms with Crippen molar-refractivity contribution in [2.75, 3.05) is 13.2 Å². The molecule has 0 bridgehead atoms. The zero-order valence-electron chi connectivity index (χ0n) is 11.7. The highest BCUT2D eigenvalue weighted by atomic mass is 16.5. The third-order valence-corrected chi connectivity index (χ3v) is 5.01. The lowest BCUT2D eigenvalue weighted by Gasteiger charge is -2.45. The Morgan fingerprint density at radius 3 is 2.74 bits per heavy atom. The smallest absolute Gasteiger partial charge is 0.249 e. The van der Waals surface area contributed by atoms with Crippen LogP contribution in [0.5, 0.6) is 0 Å². The van der Waals surface area contributed by atoms with Crippen LogP contribution in [0, 0.1) is 0 Å². The molecule has 108 valence electrons. The van der Waals surface area contributed by atoms with Crippen molar-refractivity contribution < 1.29 is 9.53 Å². The standard InChI is InChI=1S/C15H26N2O2/c18-14(13-5-4-10-19-13)17-12-6-9-16-15(11-12)7-2-1-3-8-15/h12-13,16H,1-11H2,(H,17,18)/t12?,13-/m1/s1. The van der Waals surface area contributed by atoms with E-state index in [4.69, 9.17) is 4.74 Å². The highest BCUT2D eigenvalue weighted by Crippen LogP contribution is 2.34. The van der Waals surface area contributed by atoms with Crippen molar-refractivity contribution in [2.24, 2.45) is 0 Å². The van der Waals surface area contributed by atoms with Crippen molar-refractivity contribution in [2.45, 2.75) is 75.5 Å². The topological polar surface area (TPSA) is 50.4 Å². The molecule has 4 heteroatoms. The number of ether oxygens (including phenoxy) is 1. The minimum Gasteiger partial charge on any atom is -0.368 e. The van der Waals surface area contributed by atoms with Crippen LogP contribution < -0.4 is 10.6 Å². The molecule has 3 fully saturated rings. The van der Waals surface area contributed by atoms with Gasteiger partial charge in [-0.05, 0) is 45.1 Å². The summed E-state index contributed by atoms with van der Waals surface area (Å²) in [6.07, 6.45) is 10.5. The molecule has 1 spiro atoms. The van der Waals surface area contributed by atoms with Gasteiger partial charge in [0.1, 0.15) is 6.10 Å². The van der Waals surface area contributed by atoms with Crippen LogP contribution in [0.4, 0.5) is 0 Å². The van der Waals surface area contributed by atoms with Crippen LogP contribution in [0.2, 0.25) is 0 Å². The molecular formula is C15H26N2O2. The summed E-state index contributed by atoms with van der Waals surface area (Å²) in [7, 11) is 0. The van der Waals surface area contributed by atoms with E-state index in [-0.39, 0.29) is 12.0 Å². The van der Waals surface area contributed by atoms with E-state index in [9.17, 15) is 4.79 Å². The molecule has 0 aromatic carbocycles. The summed E-state index contributed by atoms with van der Waals surface area (Å²) in [6, 6.07) is 0.344. The lowest BCUT2D eigenvalue weighted by molar-refractivity contribution is -0.131. The SMILES string of the molecule is O=C(NC1CCNC2(CCCCC2)C1)[C@H]1CCCO1. The van der Waals surface area contributed by atoms with Crippen LogP contribution >= 0.6 is 0 Å². The fraction of sp³-hybridized carbons (Fsp3) is 0.933. The molecule has 1 saturated carbocycles. The van der Waals surface area contributed by atoms with Gasteiger partial charge in [-0.2, -0.15) is 0 Å². The van der Waals surface area contributed by atoms with Gasteiger partial charge in [-0.3, -0.25) is 4.79 Å². The maximum Gasteiger partial charge on any atom is 0.249 e. The van der Waals surface area contributed by atoms with Gasteiger partial charge < -0.3 is 15.4 Å². The van der Waals surface area contributed by atoms with Crippen molar-refractivity contribution >= 4 is 5.91 Å². The third kappa shape index (κ3) is 3.11. The van der Waals surface area contributed by atoms with Crippen LogP contribution in [0.25, 0.3) is 0 Å². The minimum atomic E-state index is -0.183. The highest BCUT2D eigenvalue weighted by molar-refractivity contribution is 5.81. The van der Waals surface area contributed by atoms with E-state index in [0.717, 1.165) is 38.8 Å². The molecule has 3 aliphatic rings. The second-order valence-corrected chi connectivity index (χ2v) is 6.47. The second-order valence-electron chi connectivity index (χ2n) is 6.47. The maximum atomic E-state index is 12.1. The molecular weight excluding hydrogens is 240 g/mol. The molecule has 2 aliphatic heterocycles. The predicted molar refractivity (Wildman–Crippen MR) is 74.0 cm³/mol. The number of nitrogens with one attached hydrogen (secondary N) is 2. The molecule has 0 aromatic heterocycles. The van der Waals surface area contributed by atoms with Gasteiger partial charge in [0.15, 0.2) is 0 Å². The number of carbonyl (C=O) groups is 1. The predicted octanol–water partition coefficient (Wildman–Crippen LogP) is 1.74. The average Bonchev–Trinajstić information content (AvgIpc) is 2.93. The molecule has 3 rings (SSSR count). The summed E-state index contributed by atoms with van der Waals surface area (Å²) < 4.78 is 5.47. The monoisotopic (exact) mass is 266 g/mol. The number of rotatable bonds is 2. The molecule has 0 aromatic rings. The van der Waals surface area contributed by atoms with E-state index < -0.39 is 0 Å². The summed E-state index contributed by atoms with van der Waals surface area (Å²) in [5.74, 6) is 0.121. The first-order valence-electron chi connectivity index (χ1n) is 7.94. The first-order valence-corrected chi connectivity index (χ1v) is 7.94. The molecule has 19 heavy (non-hydrogen) atoms. The fourth-order valence-electron chi connectivity index (χ4n) is 3.97. The lowest BCUT2D eigenvalue weighted by atomic mass is 9.75. The van der Waals surface area contributed by atoms with Gasteiger partial charge in [0, 0.05) is 18.2 Å².